The van der Waals surface area contributed by atoms with E-state index in [4.69, 9.17) is 0 Å². The average Bonchev–Trinajstić information content (AvgIpc) is 3.24. The predicted molar refractivity (Wildman–Crippen MR) is 111 cm³/mol. The highest BCUT2D eigenvalue weighted by atomic mass is 16.2. The van der Waals surface area contributed by atoms with Crippen molar-refractivity contribution in [2.24, 2.45) is 13.0 Å². The Hall–Kier alpha value is -2.34. The van der Waals surface area contributed by atoms with Gasteiger partial charge in [-0.15, -0.1) is 0 Å². The zero-order valence-corrected chi connectivity index (χ0v) is 17.6. The number of carbonyl (C=O) groups is 1. The van der Waals surface area contributed by atoms with Crippen LogP contribution >= 0.6 is 0 Å². The second kappa shape index (κ2) is 7.24. The van der Waals surface area contributed by atoms with Gasteiger partial charge >= 0.3 is 0 Å². The van der Waals surface area contributed by atoms with Crippen LogP contribution in [0.4, 0.5) is 5.69 Å². The molecule has 4 rings (SSSR count). The summed E-state index contributed by atoms with van der Waals surface area (Å²) >= 11 is 0. The summed E-state index contributed by atoms with van der Waals surface area (Å²) in [6.45, 7) is 6.91. The Bertz CT molecular complexity index is 903. The summed E-state index contributed by atoms with van der Waals surface area (Å²) in [5.74, 6) is 0.486. The van der Waals surface area contributed by atoms with Crippen molar-refractivity contribution in [3.8, 4) is 0 Å². The fourth-order valence-corrected chi connectivity index (χ4v) is 4.91. The first-order valence-electron chi connectivity index (χ1n) is 10.2. The number of nitrogens with zero attached hydrogens (tertiary/aromatic N) is 4. The number of rotatable bonds is 5. The molecule has 0 aliphatic carbocycles. The van der Waals surface area contributed by atoms with Gasteiger partial charge in [-0.05, 0) is 37.5 Å². The third kappa shape index (κ3) is 3.20. The van der Waals surface area contributed by atoms with Crippen LogP contribution in [0.3, 0.4) is 0 Å². The summed E-state index contributed by atoms with van der Waals surface area (Å²) in [6.07, 6.45) is 1.72. The summed E-state index contributed by atoms with van der Waals surface area (Å²) in [7, 11) is 6.05. The summed E-state index contributed by atoms with van der Waals surface area (Å²) in [5.41, 5.74) is 7.50. The number of likely N-dealkylation sites (N-methyl/N-ethyl adjacent to an activating group) is 1. The van der Waals surface area contributed by atoms with E-state index in [1.807, 2.05) is 30.6 Å². The number of hydrogen-bond donors (Lipinski definition) is 1. The quantitative estimate of drug-likeness (QED) is 0.864. The number of amides is 1. The van der Waals surface area contributed by atoms with Crippen molar-refractivity contribution >= 4 is 11.6 Å². The second-order valence-corrected chi connectivity index (χ2v) is 8.39. The summed E-state index contributed by atoms with van der Waals surface area (Å²) in [4.78, 5) is 16.7. The molecule has 0 bridgehead atoms. The third-order valence-electron chi connectivity index (χ3n) is 6.56. The van der Waals surface area contributed by atoms with Crippen LogP contribution in [-0.2, 0) is 24.8 Å². The number of carbonyl (C=O) groups excluding carboxylic acids is 1. The van der Waals surface area contributed by atoms with Crippen LogP contribution in [0, 0.1) is 19.8 Å². The molecule has 1 aromatic heterocycles. The van der Waals surface area contributed by atoms with E-state index >= 15 is 0 Å². The van der Waals surface area contributed by atoms with Gasteiger partial charge in [0.2, 0.25) is 5.91 Å². The van der Waals surface area contributed by atoms with E-state index in [9.17, 15) is 4.79 Å². The zero-order chi connectivity index (χ0) is 20.0. The molecule has 1 saturated heterocycles. The van der Waals surface area contributed by atoms with E-state index in [0.717, 1.165) is 37.4 Å². The van der Waals surface area contributed by atoms with Crippen molar-refractivity contribution in [3.05, 3.63) is 46.3 Å². The molecule has 1 fully saturated rings. The Labute approximate surface area is 167 Å². The largest absolute Gasteiger partial charge is 0.374 e. The van der Waals surface area contributed by atoms with Gasteiger partial charge in [-0.2, -0.15) is 5.10 Å². The lowest BCUT2D eigenvalue weighted by Gasteiger charge is -2.26. The van der Waals surface area contributed by atoms with Crippen LogP contribution in [0.15, 0.2) is 18.2 Å². The minimum Gasteiger partial charge on any atom is -0.374 e. The average molecular weight is 382 g/mol. The highest BCUT2D eigenvalue weighted by Gasteiger charge is 2.40. The maximum absolute atomic E-state index is 12.5. The van der Waals surface area contributed by atoms with Crippen molar-refractivity contribution < 1.29 is 4.79 Å². The van der Waals surface area contributed by atoms with Gasteiger partial charge in [-0.25, -0.2) is 0 Å². The maximum atomic E-state index is 12.5. The number of aryl methyl sites for hydroxylation is 2. The van der Waals surface area contributed by atoms with E-state index in [-0.39, 0.29) is 17.9 Å². The summed E-state index contributed by atoms with van der Waals surface area (Å²) in [6, 6.07) is 6.87. The Kier molecular flexibility index (Phi) is 4.91. The Balaban J connectivity index is 1.45. The van der Waals surface area contributed by atoms with Crippen LogP contribution in [0.5, 0.6) is 0 Å². The van der Waals surface area contributed by atoms with E-state index in [1.54, 1.807) is 0 Å². The molecular weight excluding hydrogens is 350 g/mol. The molecule has 28 heavy (non-hydrogen) atoms. The van der Waals surface area contributed by atoms with Gasteiger partial charge in [0.05, 0.1) is 11.7 Å². The molecular formula is C22H31N5O. The highest BCUT2D eigenvalue weighted by Crippen LogP contribution is 2.39. The van der Waals surface area contributed by atoms with Gasteiger partial charge in [-0.3, -0.25) is 9.48 Å². The molecule has 0 radical (unpaired) electrons. The highest BCUT2D eigenvalue weighted by molar-refractivity contribution is 5.79. The van der Waals surface area contributed by atoms with Crippen LogP contribution in [0.1, 0.15) is 40.5 Å². The number of benzene rings is 1. The SMILES string of the molecule is Cc1nn(C)c(C)c1[C@H]1[C@H](CNCc2ccc3c(c2)CCN3C)CC(=O)N1C. The van der Waals surface area contributed by atoms with E-state index in [0.29, 0.717) is 6.42 Å². The Morgan fingerprint density at radius 2 is 2.00 bits per heavy atom. The molecule has 0 unspecified atom stereocenters. The van der Waals surface area contributed by atoms with Crippen molar-refractivity contribution in [2.75, 3.05) is 32.1 Å². The molecule has 2 atom stereocenters. The lowest BCUT2D eigenvalue weighted by molar-refractivity contribution is -0.127. The van der Waals surface area contributed by atoms with Crippen LogP contribution in [0.2, 0.25) is 0 Å². The molecule has 1 N–H and O–H groups in total. The van der Waals surface area contributed by atoms with Gasteiger partial charge in [-0.1, -0.05) is 12.1 Å². The van der Waals surface area contributed by atoms with Gasteiger partial charge < -0.3 is 15.1 Å². The van der Waals surface area contributed by atoms with Crippen LogP contribution in [0.25, 0.3) is 0 Å². The molecule has 150 valence electrons. The molecule has 3 heterocycles. The van der Waals surface area contributed by atoms with Crippen LogP contribution in [-0.4, -0.2) is 47.8 Å². The predicted octanol–water partition coefficient (Wildman–Crippen LogP) is 2.34. The van der Waals surface area contributed by atoms with E-state index < -0.39 is 0 Å². The molecule has 2 aromatic rings. The second-order valence-electron chi connectivity index (χ2n) is 8.39. The fraction of sp³-hybridized carbons (Fsp3) is 0.545. The van der Waals surface area contributed by atoms with Crippen molar-refractivity contribution in [1.29, 1.82) is 0 Å². The normalized spacial score (nSPS) is 21.7. The molecule has 6 heteroatoms. The lowest BCUT2D eigenvalue weighted by atomic mass is 9.92. The number of aromatic nitrogens is 2. The molecule has 0 saturated carbocycles. The smallest absolute Gasteiger partial charge is 0.223 e. The van der Waals surface area contributed by atoms with Crippen LogP contribution < -0.4 is 10.2 Å². The lowest BCUT2D eigenvalue weighted by Crippen LogP contribution is -2.29. The summed E-state index contributed by atoms with van der Waals surface area (Å²) < 4.78 is 1.92. The minimum absolute atomic E-state index is 0.0994. The minimum atomic E-state index is 0.0994. The Morgan fingerprint density at radius 3 is 2.71 bits per heavy atom. The first kappa shape index (κ1) is 19.0. The molecule has 0 spiro atoms. The monoisotopic (exact) mass is 381 g/mol. The first-order chi connectivity index (χ1) is 13.4. The number of hydrogen-bond acceptors (Lipinski definition) is 4. The van der Waals surface area contributed by atoms with Gasteiger partial charge in [0.25, 0.3) is 0 Å². The maximum Gasteiger partial charge on any atom is 0.223 e. The topological polar surface area (TPSA) is 53.4 Å². The van der Waals surface area contributed by atoms with Gasteiger partial charge in [0, 0.05) is 70.1 Å². The van der Waals surface area contributed by atoms with E-state index in [1.165, 1.54) is 22.4 Å². The van der Waals surface area contributed by atoms with Gasteiger partial charge in [0.15, 0.2) is 0 Å². The van der Waals surface area contributed by atoms with Gasteiger partial charge in [0.1, 0.15) is 0 Å². The standard InChI is InChI=1S/C22H31N5O/c1-14-21(15(2)27(5)24-14)22-18(11-20(28)26(22)4)13-23-12-16-6-7-19-17(10-16)8-9-25(19)3/h6-7,10,18,22-23H,8-9,11-13H2,1-5H3/t18-,22+/m0/s1. The number of nitrogens with one attached hydrogen (secondary N) is 1. The number of anilines is 1. The first-order valence-corrected chi connectivity index (χ1v) is 10.2. The third-order valence-corrected chi connectivity index (χ3v) is 6.56. The molecule has 1 aromatic carbocycles. The number of fused-ring (bicyclic) bond motifs is 1. The molecule has 1 amide bonds. The fourth-order valence-electron chi connectivity index (χ4n) is 4.91. The molecule has 2 aliphatic heterocycles. The Morgan fingerprint density at radius 1 is 1.21 bits per heavy atom. The van der Waals surface area contributed by atoms with Crippen molar-refractivity contribution in [3.63, 3.8) is 0 Å². The van der Waals surface area contributed by atoms with Crippen molar-refractivity contribution in [1.82, 2.24) is 20.0 Å². The zero-order valence-electron chi connectivity index (χ0n) is 17.6. The van der Waals surface area contributed by atoms with E-state index in [2.05, 4.69) is 47.5 Å². The van der Waals surface area contributed by atoms with Crippen molar-refractivity contribution in [2.45, 2.75) is 39.3 Å². The molecule has 6 nitrogen and oxygen atoms in total. The molecule has 2 aliphatic rings. The summed E-state index contributed by atoms with van der Waals surface area (Å²) in [5, 5.41) is 8.18. The number of likely N-dealkylation sites (tertiary alicyclic amines) is 1.